The Hall–Kier alpha value is -0.940. The first-order valence-electron chi connectivity index (χ1n) is 5.69. The highest BCUT2D eigenvalue weighted by Gasteiger charge is 2.33. The zero-order chi connectivity index (χ0) is 13.2. The quantitative estimate of drug-likeness (QED) is 0.904. The molecule has 0 saturated carbocycles. The molecular formula is C12H13ClF3NO. The molecule has 1 N–H and O–H groups in total. The maximum absolute atomic E-state index is 12.6. The summed E-state index contributed by atoms with van der Waals surface area (Å²) in [4.78, 5) is 0. The summed E-state index contributed by atoms with van der Waals surface area (Å²) in [6, 6.07) is 3.81. The van der Waals surface area contributed by atoms with Gasteiger partial charge in [-0.25, -0.2) is 0 Å². The maximum Gasteiger partial charge on any atom is 0.417 e. The van der Waals surface area contributed by atoms with Crippen LogP contribution in [-0.4, -0.2) is 19.3 Å². The van der Waals surface area contributed by atoms with Crippen LogP contribution in [0.5, 0.6) is 0 Å². The summed E-state index contributed by atoms with van der Waals surface area (Å²) >= 11 is 5.54. The van der Waals surface area contributed by atoms with Gasteiger partial charge in [-0.05, 0) is 31.0 Å². The van der Waals surface area contributed by atoms with Crippen molar-refractivity contribution in [3.63, 3.8) is 0 Å². The van der Waals surface area contributed by atoms with Gasteiger partial charge in [-0.2, -0.15) is 13.2 Å². The van der Waals surface area contributed by atoms with Gasteiger partial charge in [0.1, 0.15) is 0 Å². The lowest BCUT2D eigenvalue weighted by atomic mass is 10.2. The number of halogens is 4. The second-order valence-corrected chi connectivity index (χ2v) is 4.62. The van der Waals surface area contributed by atoms with Crippen molar-refractivity contribution in [3.05, 3.63) is 28.8 Å². The van der Waals surface area contributed by atoms with Gasteiger partial charge < -0.3 is 10.1 Å². The van der Waals surface area contributed by atoms with E-state index < -0.39 is 11.7 Å². The van der Waals surface area contributed by atoms with E-state index in [2.05, 4.69) is 5.32 Å². The molecule has 0 radical (unpaired) electrons. The Balaban J connectivity index is 2.04. The average molecular weight is 280 g/mol. The molecule has 1 aromatic rings. The van der Waals surface area contributed by atoms with Crippen LogP contribution in [0.15, 0.2) is 18.2 Å². The fourth-order valence-electron chi connectivity index (χ4n) is 1.89. The van der Waals surface area contributed by atoms with Crippen molar-refractivity contribution in [2.24, 2.45) is 0 Å². The van der Waals surface area contributed by atoms with Gasteiger partial charge in [0, 0.05) is 18.8 Å². The third-order valence-electron chi connectivity index (χ3n) is 2.83. The van der Waals surface area contributed by atoms with Gasteiger partial charge >= 0.3 is 6.18 Å². The van der Waals surface area contributed by atoms with Crippen LogP contribution < -0.4 is 5.32 Å². The highest BCUT2D eigenvalue weighted by atomic mass is 35.5. The monoisotopic (exact) mass is 279 g/mol. The van der Waals surface area contributed by atoms with Gasteiger partial charge in [0.05, 0.1) is 16.7 Å². The lowest BCUT2D eigenvalue weighted by molar-refractivity contribution is -0.137. The second kappa shape index (κ2) is 5.36. The topological polar surface area (TPSA) is 21.3 Å². The molecule has 0 aromatic heterocycles. The van der Waals surface area contributed by atoms with E-state index in [1.54, 1.807) is 0 Å². The van der Waals surface area contributed by atoms with Crippen LogP contribution in [0.1, 0.15) is 18.4 Å². The molecule has 1 aliphatic heterocycles. The third-order valence-corrected chi connectivity index (χ3v) is 3.16. The van der Waals surface area contributed by atoms with E-state index in [-0.39, 0.29) is 11.1 Å². The number of alkyl halides is 3. The average Bonchev–Trinajstić information content (AvgIpc) is 2.79. The molecule has 1 aromatic carbocycles. The molecule has 1 aliphatic rings. The number of hydrogen-bond acceptors (Lipinski definition) is 2. The summed E-state index contributed by atoms with van der Waals surface area (Å²) < 4.78 is 43.3. The smallest absolute Gasteiger partial charge is 0.382 e. The van der Waals surface area contributed by atoms with Crippen molar-refractivity contribution in [2.75, 3.05) is 18.5 Å². The molecule has 1 heterocycles. The summed E-state index contributed by atoms with van der Waals surface area (Å²) in [7, 11) is 0. The molecule has 1 unspecified atom stereocenters. The minimum Gasteiger partial charge on any atom is -0.382 e. The molecule has 2 rings (SSSR count). The van der Waals surface area contributed by atoms with E-state index in [0.29, 0.717) is 12.2 Å². The normalized spacial score (nSPS) is 20.1. The first-order valence-corrected chi connectivity index (χ1v) is 6.07. The zero-order valence-corrected chi connectivity index (χ0v) is 10.3. The van der Waals surface area contributed by atoms with Crippen LogP contribution in [0.3, 0.4) is 0 Å². The number of hydrogen-bond donors (Lipinski definition) is 1. The van der Waals surface area contributed by atoms with Crippen molar-refractivity contribution in [1.82, 2.24) is 0 Å². The number of nitrogens with one attached hydrogen (secondary N) is 1. The summed E-state index contributed by atoms with van der Waals surface area (Å²) in [5.74, 6) is 0. The largest absolute Gasteiger partial charge is 0.417 e. The summed E-state index contributed by atoms with van der Waals surface area (Å²) in [6.07, 6.45) is -2.42. The Morgan fingerprint density at radius 3 is 2.78 bits per heavy atom. The summed E-state index contributed by atoms with van der Waals surface area (Å²) in [5.41, 5.74) is -0.413. The van der Waals surface area contributed by atoms with Gasteiger partial charge in [0.25, 0.3) is 0 Å². The van der Waals surface area contributed by atoms with Crippen LogP contribution in [0.4, 0.5) is 18.9 Å². The Labute approximate surface area is 108 Å². The second-order valence-electron chi connectivity index (χ2n) is 4.21. The fraction of sp³-hybridized carbons (Fsp3) is 0.500. The Morgan fingerprint density at radius 2 is 2.17 bits per heavy atom. The van der Waals surface area contributed by atoms with Gasteiger partial charge in [-0.1, -0.05) is 11.6 Å². The SMILES string of the molecule is FC(F)(F)c1cc(NCC2CCCO2)ccc1Cl. The summed E-state index contributed by atoms with van der Waals surface area (Å²) in [5, 5.41) is 2.66. The van der Waals surface area contributed by atoms with E-state index >= 15 is 0 Å². The van der Waals surface area contributed by atoms with Crippen LogP contribution in [0, 0.1) is 0 Å². The highest BCUT2D eigenvalue weighted by molar-refractivity contribution is 6.31. The first-order chi connectivity index (χ1) is 8.47. The molecule has 18 heavy (non-hydrogen) atoms. The number of anilines is 1. The van der Waals surface area contributed by atoms with Crippen molar-refractivity contribution in [1.29, 1.82) is 0 Å². The fourth-order valence-corrected chi connectivity index (χ4v) is 2.11. The lowest BCUT2D eigenvalue weighted by Crippen LogP contribution is -2.18. The van der Waals surface area contributed by atoms with E-state index in [9.17, 15) is 13.2 Å². The first kappa shape index (κ1) is 13.5. The summed E-state index contributed by atoms with van der Waals surface area (Å²) in [6.45, 7) is 1.24. The standard InChI is InChI=1S/C12H13ClF3NO/c13-11-4-3-8(6-10(11)12(14,15)16)17-7-9-2-1-5-18-9/h3-4,6,9,17H,1-2,5,7H2. The van der Waals surface area contributed by atoms with Crippen molar-refractivity contribution in [2.45, 2.75) is 25.1 Å². The van der Waals surface area contributed by atoms with Crippen LogP contribution in [-0.2, 0) is 10.9 Å². The molecule has 0 spiro atoms. The van der Waals surface area contributed by atoms with Crippen molar-refractivity contribution in [3.8, 4) is 0 Å². The number of rotatable bonds is 3. The van der Waals surface area contributed by atoms with E-state index in [1.807, 2.05) is 0 Å². The van der Waals surface area contributed by atoms with Crippen LogP contribution in [0.2, 0.25) is 5.02 Å². The van der Waals surface area contributed by atoms with E-state index in [1.165, 1.54) is 12.1 Å². The molecule has 100 valence electrons. The zero-order valence-electron chi connectivity index (χ0n) is 9.56. The molecule has 6 heteroatoms. The third kappa shape index (κ3) is 3.29. The Kier molecular flexibility index (Phi) is 4.02. The molecule has 1 atom stereocenters. The van der Waals surface area contributed by atoms with Crippen molar-refractivity contribution >= 4 is 17.3 Å². The number of ether oxygens (including phenoxy) is 1. The van der Waals surface area contributed by atoms with Gasteiger partial charge in [0.2, 0.25) is 0 Å². The maximum atomic E-state index is 12.6. The highest BCUT2D eigenvalue weighted by Crippen LogP contribution is 2.36. The molecule has 1 fully saturated rings. The minimum absolute atomic E-state index is 0.0787. The molecule has 0 bridgehead atoms. The predicted molar refractivity (Wildman–Crippen MR) is 63.9 cm³/mol. The van der Waals surface area contributed by atoms with Crippen LogP contribution >= 0.6 is 11.6 Å². The molecule has 1 saturated heterocycles. The molecule has 0 aliphatic carbocycles. The van der Waals surface area contributed by atoms with Gasteiger partial charge in [-0.3, -0.25) is 0 Å². The predicted octanol–water partition coefficient (Wildman–Crippen LogP) is 3.95. The Morgan fingerprint density at radius 1 is 1.39 bits per heavy atom. The molecule has 0 amide bonds. The van der Waals surface area contributed by atoms with Gasteiger partial charge in [0.15, 0.2) is 0 Å². The van der Waals surface area contributed by atoms with E-state index in [4.69, 9.17) is 16.3 Å². The Bertz CT molecular complexity index is 416. The lowest BCUT2D eigenvalue weighted by Gasteiger charge is -2.14. The number of benzene rings is 1. The van der Waals surface area contributed by atoms with E-state index in [0.717, 1.165) is 25.5 Å². The molecular weight excluding hydrogens is 267 g/mol. The van der Waals surface area contributed by atoms with Gasteiger partial charge in [-0.15, -0.1) is 0 Å². The minimum atomic E-state index is -4.43. The van der Waals surface area contributed by atoms with Crippen molar-refractivity contribution < 1.29 is 17.9 Å². The molecule has 2 nitrogen and oxygen atoms in total. The van der Waals surface area contributed by atoms with Crippen LogP contribution in [0.25, 0.3) is 0 Å².